The summed E-state index contributed by atoms with van der Waals surface area (Å²) in [4.78, 5) is 8.20. The smallest absolute Gasteiger partial charge is 0.339 e. The van der Waals surface area contributed by atoms with Gasteiger partial charge in [-0.3, -0.25) is 0 Å². The average molecular weight is 343 g/mol. The fourth-order valence-corrected chi connectivity index (χ4v) is 2.07. The Labute approximate surface area is 141 Å². The zero-order chi connectivity index (χ0) is 17.7. The lowest BCUT2D eigenvalue weighted by molar-refractivity contribution is -0.137. The van der Waals surface area contributed by atoms with Crippen molar-refractivity contribution in [1.29, 1.82) is 0 Å². The minimum Gasteiger partial charge on any atom is -0.339 e. The van der Waals surface area contributed by atoms with E-state index in [1.54, 1.807) is 18.3 Å². The molecule has 0 aliphatic heterocycles. The van der Waals surface area contributed by atoms with Gasteiger partial charge in [0.2, 0.25) is 11.7 Å². The van der Waals surface area contributed by atoms with Crippen LogP contribution in [0.1, 0.15) is 23.6 Å². The number of aromatic nitrogens is 3. The maximum Gasteiger partial charge on any atom is 0.416 e. The lowest BCUT2D eigenvalue weighted by atomic mass is 10.1. The number of rotatable bonds is 3. The SMILES string of the molecule is FC(F)(F)c1cccc(-c2noc(CCC#Cc3ccccn3)n2)c1. The van der Waals surface area contributed by atoms with E-state index >= 15 is 0 Å². The van der Waals surface area contributed by atoms with Crippen LogP contribution in [0.4, 0.5) is 13.2 Å². The number of pyridine rings is 1. The monoisotopic (exact) mass is 343 g/mol. The first-order valence-corrected chi connectivity index (χ1v) is 7.42. The van der Waals surface area contributed by atoms with Gasteiger partial charge in [-0.05, 0) is 30.2 Å². The summed E-state index contributed by atoms with van der Waals surface area (Å²) in [5.74, 6) is 6.29. The average Bonchev–Trinajstić information content (AvgIpc) is 3.08. The Morgan fingerprint density at radius 2 is 1.96 bits per heavy atom. The molecule has 0 radical (unpaired) electrons. The summed E-state index contributed by atoms with van der Waals surface area (Å²) in [6.07, 6.45) is -1.88. The lowest BCUT2D eigenvalue weighted by Crippen LogP contribution is -2.04. The molecule has 0 aliphatic rings. The Hall–Kier alpha value is -3.14. The molecule has 0 spiro atoms. The van der Waals surface area contributed by atoms with Gasteiger partial charge in [-0.15, -0.1) is 0 Å². The highest BCUT2D eigenvalue weighted by atomic mass is 19.4. The quantitative estimate of drug-likeness (QED) is 0.671. The molecule has 0 unspecified atom stereocenters. The molecule has 7 heteroatoms. The molecule has 1 aromatic carbocycles. The molecule has 0 fully saturated rings. The van der Waals surface area contributed by atoms with E-state index in [0.717, 1.165) is 12.1 Å². The van der Waals surface area contributed by atoms with E-state index in [-0.39, 0.29) is 11.4 Å². The Morgan fingerprint density at radius 3 is 2.72 bits per heavy atom. The van der Waals surface area contributed by atoms with Crippen LogP contribution in [0.3, 0.4) is 0 Å². The number of aryl methyl sites for hydroxylation is 1. The van der Waals surface area contributed by atoms with Crippen molar-refractivity contribution in [3.8, 4) is 23.2 Å². The van der Waals surface area contributed by atoms with Crippen molar-refractivity contribution >= 4 is 0 Å². The first-order valence-electron chi connectivity index (χ1n) is 7.42. The second-order valence-corrected chi connectivity index (χ2v) is 5.11. The topological polar surface area (TPSA) is 51.8 Å². The zero-order valence-corrected chi connectivity index (χ0v) is 12.9. The van der Waals surface area contributed by atoms with Crippen LogP contribution in [-0.4, -0.2) is 15.1 Å². The second kappa shape index (κ2) is 7.18. The van der Waals surface area contributed by atoms with Crippen molar-refractivity contribution in [3.05, 3.63) is 65.8 Å². The van der Waals surface area contributed by atoms with Crippen LogP contribution in [0, 0.1) is 11.8 Å². The number of benzene rings is 1. The summed E-state index contributed by atoms with van der Waals surface area (Å²) in [6, 6.07) is 10.3. The molecule has 0 saturated carbocycles. The van der Waals surface area contributed by atoms with Gasteiger partial charge in [0.1, 0.15) is 5.69 Å². The van der Waals surface area contributed by atoms with Gasteiger partial charge in [-0.1, -0.05) is 29.3 Å². The van der Waals surface area contributed by atoms with Crippen molar-refractivity contribution in [2.75, 3.05) is 0 Å². The minimum absolute atomic E-state index is 0.124. The Bertz CT molecular complexity index is 908. The molecule has 126 valence electrons. The van der Waals surface area contributed by atoms with Crippen LogP contribution in [0.2, 0.25) is 0 Å². The Morgan fingerprint density at radius 1 is 1.08 bits per heavy atom. The van der Waals surface area contributed by atoms with E-state index < -0.39 is 11.7 Å². The number of alkyl halides is 3. The molecule has 0 amide bonds. The highest BCUT2D eigenvalue weighted by Gasteiger charge is 2.30. The summed E-state index contributed by atoms with van der Waals surface area (Å²) in [6.45, 7) is 0. The van der Waals surface area contributed by atoms with Gasteiger partial charge in [-0.25, -0.2) is 4.98 Å². The van der Waals surface area contributed by atoms with E-state index in [9.17, 15) is 13.2 Å². The molecule has 25 heavy (non-hydrogen) atoms. The fourth-order valence-electron chi connectivity index (χ4n) is 2.07. The molecule has 2 aromatic heterocycles. The molecular weight excluding hydrogens is 331 g/mol. The summed E-state index contributed by atoms with van der Waals surface area (Å²) in [5.41, 5.74) is 0.166. The van der Waals surface area contributed by atoms with Gasteiger partial charge in [0.15, 0.2) is 0 Å². The molecule has 0 aliphatic carbocycles. The number of halogens is 3. The van der Waals surface area contributed by atoms with Crippen molar-refractivity contribution in [3.63, 3.8) is 0 Å². The van der Waals surface area contributed by atoms with Gasteiger partial charge in [0, 0.05) is 24.6 Å². The lowest BCUT2D eigenvalue weighted by Gasteiger charge is -2.06. The van der Waals surface area contributed by atoms with Crippen LogP contribution in [0.15, 0.2) is 53.2 Å². The van der Waals surface area contributed by atoms with Crippen LogP contribution < -0.4 is 0 Å². The zero-order valence-electron chi connectivity index (χ0n) is 12.9. The van der Waals surface area contributed by atoms with E-state index in [1.165, 1.54) is 12.1 Å². The molecule has 0 N–H and O–H groups in total. The first-order chi connectivity index (χ1) is 12.0. The number of hydrogen-bond acceptors (Lipinski definition) is 4. The highest BCUT2D eigenvalue weighted by Crippen LogP contribution is 2.31. The maximum absolute atomic E-state index is 12.7. The van der Waals surface area contributed by atoms with Crippen molar-refractivity contribution < 1.29 is 17.7 Å². The number of hydrogen-bond donors (Lipinski definition) is 0. The van der Waals surface area contributed by atoms with Crippen molar-refractivity contribution in [1.82, 2.24) is 15.1 Å². The van der Waals surface area contributed by atoms with E-state index in [2.05, 4.69) is 27.0 Å². The predicted octanol–water partition coefficient (Wildman–Crippen LogP) is 4.13. The summed E-state index contributed by atoms with van der Waals surface area (Å²) in [7, 11) is 0. The fraction of sp³-hybridized carbons (Fsp3) is 0.167. The molecule has 0 atom stereocenters. The van der Waals surface area contributed by atoms with Crippen LogP contribution in [-0.2, 0) is 12.6 Å². The van der Waals surface area contributed by atoms with Gasteiger partial charge < -0.3 is 4.52 Å². The highest BCUT2D eigenvalue weighted by molar-refractivity contribution is 5.55. The van der Waals surface area contributed by atoms with E-state index in [1.807, 2.05) is 6.07 Å². The van der Waals surface area contributed by atoms with Crippen LogP contribution in [0.5, 0.6) is 0 Å². The summed E-state index contributed by atoms with van der Waals surface area (Å²) in [5, 5.41) is 3.73. The summed E-state index contributed by atoms with van der Waals surface area (Å²) >= 11 is 0. The Kier molecular flexibility index (Phi) is 4.80. The molecule has 4 nitrogen and oxygen atoms in total. The molecule has 3 rings (SSSR count). The van der Waals surface area contributed by atoms with Gasteiger partial charge >= 0.3 is 6.18 Å². The standard InChI is InChI=1S/C18H12F3N3O/c19-18(20,21)14-7-5-6-13(12-14)17-23-16(25-24-17)10-2-1-8-15-9-3-4-11-22-15/h3-7,9,11-12H,2,10H2. The van der Waals surface area contributed by atoms with E-state index in [4.69, 9.17) is 4.52 Å². The summed E-state index contributed by atoms with van der Waals surface area (Å²) < 4.78 is 43.3. The molecule has 0 bridgehead atoms. The number of nitrogens with zero attached hydrogens (tertiary/aromatic N) is 3. The van der Waals surface area contributed by atoms with Crippen LogP contribution >= 0.6 is 0 Å². The third-order valence-electron chi connectivity index (χ3n) is 3.26. The van der Waals surface area contributed by atoms with Crippen molar-refractivity contribution in [2.45, 2.75) is 19.0 Å². The van der Waals surface area contributed by atoms with Gasteiger partial charge in [0.25, 0.3) is 0 Å². The van der Waals surface area contributed by atoms with Gasteiger partial charge in [0.05, 0.1) is 5.56 Å². The molecule has 2 heterocycles. The second-order valence-electron chi connectivity index (χ2n) is 5.11. The van der Waals surface area contributed by atoms with Crippen molar-refractivity contribution in [2.24, 2.45) is 0 Å². The van der Waals surface area contributed by atoms with Gasteiger partial charge in [-0.2, -0.15) is 18.2 Å². The Balaban J connectivity index is 1.66. The first kappa shape index (κ1) is 16.7. The largest absolute Gasteiger partial charge is 0.416 e. The molecule has 3 aromatic rings. The third kappa shape index (κ3) is 4.44. The molecule has 0 saturated heterocycles. The van der Waals surface area contributed by atoms with E-state index in [0.29, 0.717) is 24.4 Å². The van der Waals surface area contributed by atoms with Crippen LogP contribution in [0.25, 0.3) is 11.4 Å². The predicted molar refractivity (Wildman–Crippen MR) is 84.2 cm³/mol. The maximum atomic E-state index is 12.7. The molecular formula is C18H12F3N3O. The third-order valence-corrected chi connectivity index (χ3v) is 3.26. The normalized spacial score (nSPS) is 11.0. The minimum atomic E-state index is -4.41.